The number of aryl methyl sites for hydroxylation is 1. The van der Waals surface area contributed by atoms with Gasteiger partial charge in [-0.25, -0.2) is 14.6 Å². The number of hydrogen-bond acceptors (Lipinski definition) is 5. The van der Waals surface area contributed by atoms with E-state index in [0.717, 1.165) is 22.6 Å². The summed E-state index contributed by atoms with van der Waals surface area (Å²) in [7, 11) is 1.72. The summed E-state index contributed by atoms with van der Waals surface area (Å²) in [6.45, 7) is 4.35. The lowest BCUT2D eigenvalue weighted by Gasteiger charge is -2.17. The van der Waals surface area contributed by atoms with Crippen LogP contribution < -0.4 is 5.73 Å². The molecule has 0 spiro atoms. The molecule has 2 N–H and O–H groups in total. The van der Waals surface area contributed by atoms with Crippen LogP contribution in [0.2, 0.25) is 0 Å². The van der Waals surface area contributed by atoms with Crippen molar-refractivity contribution in [3.63, 3.8) is 0 Å². The summed E-state index contributed by atoms with van der Waals surface area (Å²) in [6.07, 6.45) is 2.92. The molecule has 0 radical (unpaired) electrons. The van der Waals surface area contributed by atoms with Gasteiger partial charge in [-0.3, -0.25) is 4.79 Å². The Morgan fingerprint density at radius 3 is 2.52 bits per heavy atom. The number of hydrogen-bond donors (Lipinski definition) is 1. The van der Waals surface area contributed by atoms with Crippen LogP contribution in [-0.4, -0.2) is 37.6 Å². The lowest BCUT2D eigenvalue weighted by molar-refractivity contribution is 0.0779. The highest BCUT2D eigenvalue weighted by Crippen LogP contribution is 2.20. The average molecular weight is 336 g/mol. The van der Waals surface area contributed by atoms with Crippen LogP contribution >= 0.6 is 0 Å². The molecular weight excluding hydrogens is 316 g/mol. The lowest BCUT2D eigenvalue weighted by Crippen LogP contribution is -2.28. The number of benzene rings is 1. The Bertz CT molecular complexity index is 903. The minimum Gasteiger partial charge on any atom is -0.382 e. The fourth-order valence-electron chi connectivity index (χ4n) is 2.73. The zero-order valence-electron chi connectivity index (χ0n) is 14.5. The molecule has 25 heavy (non-hydrogen) atoms. The summed E-state index contributed by atoms with van der Waals surface area (Å²) in [5.41, 5.74) is 9.79. The van der Waals surface area contributed by atoms with E-state index in [9.17, 15) is 4.79 Å². The number of aromatic nitrogens is 4. The molecule has 2 heterocycles. The smallest absolute Gasteiger partial charge is 0.276 e. The van der Waals surface area contributed by atoms with Gasteiger partial charge in [0.05, 0.1) is 11.4 Å². The van der Waals surface area contributed by atoms with Crippen LogP contribution in [0, 0.1) is 13.8 Å². The van der Waals surface area contributed by atoms with E-state index in [0.29, 0.717) is 6.54 Å². The molecule has 0 aliphatic rings. The number of carbonyl (C=O) groups excluding carboxylic acids is 1. The summed E-state index contributed by atoms with van der Waals surface area (Å²) < 4.78 is 1.89. The Morgan fingerprint density at radius 1 is 1.16 bits per heavy atom. The third-order valence-corrected chi connectivity index (χ3v) is 4.11. The van der Waals surface area contributed by atoms with Gasteiger partial charge in [0.1, 0.15) is 0 Å². The summed E-state index contributed by atoms with van der Waals surface area (Å²) in [6, 6.07) is 9.90. The number of nitrogens with zero attached hydrogens (tertiary/aromatic N) is 5. The molecule has 1 amide bonds. The lowest BCUT2D eigenvalue weighted by atomic mass is 10.1. The van der Waals surface area contributed by atoms with Crippen molar-refractivity contribution in [1.29, 1.82) is 0 Å². The minimum absolute atomic E-state index is 0.132. The van der Waals surface area contributed by atoms with Gasteiger partial charge in [-0.05, 0) is 26.0 Å². The second kappa shape index (κ2) is 6.72. The number of nitrogen functional groups attached to an aromatic ring is 1. The molecule has 7 nitrogen and oxygen atoms in total. The number of rotatable bonds is 4. The van der Waals surface area contributed by atoms with E-state index in [1.54, 1.807) is 11.9 Å². The zero-order valence-corrected chi connectivity index (χ0v) is 14.5. The number of amides is 1. The van der Waals surface area contributed by atoms with E-state index in [-0.39, 0.29) is 17.4 Å². The molecular formula is C18H20N6O. The predicted molar refractivity (Wildman–Crippen MR) is 95.3 cm³/mol. The summed E-state index contributed by atoms with van der Waals surface area (Å²) in [5.74, 6) is -0.135. The number of nitrogens with two attached hydrogens (primary N) is 1. The maximum Gasteiger partial charge on any atom is 0.276 e. The van der Waals surface area contributed by atoms with Gasteiger partial charge in [0, 0.05) is 37.2 Å². The quantitative estimate of drug-likeness (QED) is 0.788. The van der Waals surface area contributed by atoms with Crippen LogP contribution in [0.3, 0.4) is 0 Å². The Labute approximate surface area is 146 Å². The summed E-state index contributed by atoms with van der Waals surface area (Å²) >= 11 is 0. The standard InChI is InChI=1S/C18H20N6O/c1-12-15(13(2)24(22-12)14-7-5-4-6-8-14)11-23(3)18(25)16-17(19)21-10-9-20-16/h4-10H,11H2,1-3H3,(H2,19,21). The summed E-state index contributed by atoms with van der Waals surface area (Å²) in [5, 5.41) is 4.61. The first kappa shape index (κ1) is 16.6. The molecule has 0 saturated carbocycles. The van der Waals surface area contributed by atoms with E-state index in [4.69, 9.17) is 5.73 Å². The van der Waals surface area contributed by atoms with Crippen molar-refractivity contribution in [1.82, 2.24) is 24.6 Å². The molecule has 128 valence electrons. The van der Waals surface area contributed by atoms with Crippen LogP contribution in [-0.2, 0) is 6.54 Å². The Kier molecular flexibility index (Phi) is 4.47. The first-order valence-electron chi connectivity index (χ1n) is 7.91. The highest BCUT2D eigenvalue weighted by atomic mass is 16.2. The maximum atomic E-state index is 12.6. The van der Waals surface area contributed by atoms with Gasteiger partial charge in [-0.1, -0.05) is 18.2 Å². The number of carbonyl (C=O) groups is 1. The van der Waals surface area contributed by atoms with E-state index in [1.165, 1.54) is 12.4 Å². The first-order chi connectivity index (χ1) is 12.0. The minimum atomic E-state index is -0.267. The van der Waals surface area contributed by atoms with Gasteiger partial charge < -0.3 is 10.6 Å². The van der Waals surface area contributed by atoms with Gasteiger partial charge in [0.2, 0.25) is 0 Å². The molecule has 0 saturated heterocycles. The summed E-state index contributed by atoms with van der Waals surface area (Å²) in [4.78, 5) is 22.1. The predicted octanol–water partition coefficient (Wildman–Crippen LogP) is 2.13. The molecule has 3 aromatic rings. The highest BCUT2D eigenvalue weighted by Gasteiger charge is 2.20. The van der Waals surface area contributed by atoms with Crippen molar-refractivity contribution in [3.8, 4) is 5.69 Å². The molecule has 0 fully saturated rings. The van der Waals surface area contributed by atoms with Crippen LogP contribution in [0.1, 0.15) is 27.4 Å². The Hall–Kier alpha value is -3.22. The van der Waals surface area contributed by atoms with Crippen molar-refractivity contribution in [2.45, 2.75) is 20.4 Å². The van der Waals surface area contributed by atoms with E-state index < -0.39 is 0 Å². The average Bonchev–Trinajstić information content (AvgIpc) is 2.90. The van der Waals surface area contributed by atoms with Gasteiger partial charge in [-0.15, -0.1) is 0 Å². The second-order valence-electron chi connectivity index (χ2n) is 5.85. The van der Waals surface area contributed by atoms with Crippen molar-refractivity contribution in [2.24, 2.45) is 0 Å². The normalized spacial score (nSPS) is 10.7. The third kappa shape index (κ3) is 3.21. The van der Waals surface area contributed by atoms with Crippen LogP contribution in [0.4, 0.5) is 5.82 Å². The molecule has 0 aliphatic heterocycles. The molecule has 0 aliphatic carbocycles. The fraction of sp³-hybridized carbons (Fsp3) is 0.222. The SMILES string of the molecule is Cc1nn(-c2ccccc2)c(C)c1CN(C)C(=O)c1nccnc1N. The van der Waals surface area contributed by atoms with Crippen LogP contribution in [0.15, 0.2) is 42.7 Å². The van der Waals surface area contributed by atoms with Crippen molar-refractivity contribution < 1.29 is 4.79 Å². The first-order valence-corrected chi connectivity index (χ1v) is 7.91. The van der Waals surface area contributed by atoms with Gasteiger partial charge >= 0.3 is 0 Å². The molecule has 0 bridgehead atoms. The topological polar surface area (TPSA) is 89.9 Å². The van der Waals surface area contributed by atoms with Crippen molar-refractivity contribution in [3.05, 3.63) is 65.4 Å². The van der Waals surface area contributed by atoms with Crippen LogP contribution in [0.25, 0.3) is 5.69 Å². The van der Waals surface area contributed by atoms with E-state index >= 15 is 0 Å². The van der Waals surface area contributed by atoms with Crippen molar-refractivity contribution >= 4 is 11.7 Å². The Morgan fingerprint density at radius 2 is 1.84 bits per heavy atom. The van der Waals surface area contributed by atoms with Gasteiger partial charge in [0.15, 0.2) is 11.5 Å². The number of anilines is 1. The van der Waals surface area contributed by atoms with Gasteiger partial charge in [-0.2, -0.15) is 5.10 Å². The molecule has 0 unspecified atom stereocenters. The van der Waals surface area contributed by atoms with Crippen LogP contribution in [0.5, 0.6) is 0 Å². The third-order valence-electron chi connectivity index (χ3n) is 4.11. The fourth-order valence-corrected chi connectivity index (χ4v) is 2.73. The van der Waals surface area contributed by atoms with Gasteiger partial charge in [0.25, 0.3) is 5.91 Å². The molecule has 0 atom stereocenters. The van der Waals surface area contributed by atoms with E-state index in [2.05, 4.69) is 15.1 Å². The monoisotopic (exact) mass is 336 g/mol. The largest absolute Gasteiger partial charge is 0.382 e. The molecule has 2 aromatic heterocycles. The second-order valence-corrected chi connectivity index (χ2v) is 5.85. The number of para-hydroxylation sites is 1. The van der Waals surface area contributed by atoms with Crippen molar-refractivity contribution in [2.75, 3.05) is 12.8 Å². The van der Waals surface area contributed by atoms with E-state index in [1.807, 2.05) is 48.9 Å². The molecule has 3 rings (SSSR count). The Balaban J connectivity index is 1.87. The molecule has 1 aromatic carbocycles. The highest BCUT2D eigenvalue weighted by molar-refractivity contribution is 5.96. The maximum absolute atomic E-state index is 12.6. The molecule has 7 heteroatoms. The zero-order chi connectivity index (χ0) is 18.0.